The molecule has 0 aliphatic rings. The van der Waals surface area contributed by atoms with Crippen molar-refractivity contribution in [3.63, 3.8) is 0 Å². The lowest BCUT2D eigenvalue weighted by Gasteiger charge is -2.36. The van der Waals surface area contributed by atoms with Crippen LogP contribution in [-0.4, -0.2) is 41.0 Å². The number of hydrogen-bond acceptors (Lipinski definition) is 4. The van der Waals surface area contributed by atoms with Gasteiger partial charge in [-0.3, -0.25) is 9.59 Å². The number of anilines is 1. The second kappa shape index (κ2) is 13.0. The summed E-state index contributed by atoms with van der Waals surface area (Å²) in [4.78, 5) is 42.6. The monoisotopic (exact) mass is 545 g/mol. The van der Waals surface area contributed by atoms with Crippen molar-refractivity contribution in [2.75, 3.05) is 11.9 Å². The number of rotatable bonds is 9. The summed E-state index contributed by atoms with van der Waals surface area (Å²) in [5, 5.41) is 7.91. The van der Waals surface area contributed by atoms with Crippen LogP contribution in [0.4, 0.5) is 10.5 Å². The number of amides is 3. The number of nitrogens with one attached hydrogen (secondary N) is 2. The summed E-state index contributed by atoms with van der Waals surface area (Å²) in [6.07, 6.45) is -0.0342. The lowest BCUT2D eigenvalue weighted by atomic mass is 9.94. The fourth-order valence-electron chi connectivity index (χ4n) is 4.72. The van der Waals surface area contributed by atoms with Gasteiger partial charge in [0.2, 0.25) is 5.91 Å². The van der Waals surface area contributed by atoms with Crippen molar-refractivity contribution in [2.45, 2.75) is 79.5 Å². The zero-order valence-corrected chi connectivity index (χ0v) is 25.0. The summed E-state index contributed by atoms with van der Waals surface area (Å²) in [6.45, 7) is 15.3. The minimum Gasteiger partial charge on any atom is -0.444 e. The molecule has 0 aromatic heterocycles. The molecule has 0 heterocycles. The maximum atomic E-state index is 14.2. The molecule has 40 heavy (non-hydrogen) atoms. The highest BCUT2D eigenvalue weighted by atomic mass is 16.6. The molecule has 0 saturated heterocycles. The molecule has 3 aromatic rings. The molecule has 214 valence electrons. The highest BCUT2D eigenvalue weighted by Crippen LogP contribution is 2.29. The summed E-state index contributed by atoms with van der Waals surface area (Å²) in [5.74, 6) is -0.880. The molecule has 0 aliphatic carbocycles. The second-order valence-electron chi connectivity index (χ2n) is 11.7. The molecule has 7 heteroatoms. The van der Waals surface area contributed by atoms with Crippen molar-refractivity contribution in [2.24, 2.45) is 5.92 Å². The Hall–Kier alpha value is -3.87. The van der Waals surface area contributed by atoms with Crippen LogP contribution in [0.5, 0.6) is 0 Å². The quantitative estimate of drug-likeness (QED) is 0.305. The number of aryl methyl sites for hydroxylation is 2. The van der Waals surface area contributed by atoms with Gasteiger partial charge in [-0.1, -0.05) is 74.9 Å². The Kier molecular flexibility index (Phi) is 9.96. The van der Waals surface area contributed by atoms with Crippen LogP contribution in [-0.2, 0) is 14.3 Å². The van der Waals surface area contributed by atoms with E-state index < -0.39 is 23.8 Å². The Labute approximate surface area is 238 Å². The summed E-state index contributed by atoms with van der Waals surface area (Å²) in [5.41, 5.74) is 2.58. The van der Waals surface area contributed by atoms with Gasteiger partial charge in [0.15, 0.2) is 0 Å². The van der Waals surface area contributed by atoms with E-state index in [0.29, 0.717) is 18.7 Å². The molecule has 2 unspecified atom stereocenters. The van der Waals surface area contributed by atoms with Crippen molar-refractivity contribution in [1.29, 1.82) is 0 Å². The highest BCUT2D eigenvalue weighted by Gasteiger charge is 2.37. The van der Waals surface area contributed by atoms with Gasteiger partial charge in [0.05, 0.1) is 0 Å². The number of benzene rings is 3. The lowest BCUT2D eigenvalue weighted by molar-refractivity contribution is -0.141. The summed E-state index contributed by atoms with van der Waals surface area (Å²) >= 11 is 0. The van der Waals surface area contributed by atoms with Crippen LogP contribution in [0.25, 0.3) is 10.8 Å². The van der Waals surface area contributed by atoms with Gasteiger partial charge in [0, 0.05) is 12.2 Å². The minimum absolute atomic E-state index is 0.234. The Morgan fingerprint density at radius 2 is 1.60 bits per heavy atom. The van der Waals surface area contributed by atoms with Gasteiger partial charge in [-0.25, -0.2) is 4.79 Å². The standard InChI is InChI=1S/C33H43N3O4/c1-9-18-36(31(38)28(21(2)3)35-32(39)40-33(6,7)8)29(27-19-22(4)14-15-23(27)5)30(37)34-26-17-16-24-12-10-11-13-25(24)20-26/h10-17,19-21,28-29H,9,18H2,1-8H3,(H,34,37)(H,35,39). The fraction of sp³-hybridized carbons (Fsp3) is 0.424. The molecule has 2 N–H and O–H groups in total. The first-order valence-electron chi connectivity index (χ1n) is 14.0. The molecule has 0 saturated carbocycles. The van der Waals surface area contributed by atoms with Gasteiger partial charge in [-0.15, -0.1) is 0 Å². The SMILES string of the molecule is CCCN(C(=O)C(NC(=O)OC(C)(C)C)C(C)C)C(C(=O)Nc1ccc2ccccc2c1)c1cc(C)ccc1C. The summed E-state index contributed by atoms with van der Waals surface area (Å²) < 4.78 is 5.45. The summed E-state index contributed by atoms with van der Waals surface area (Å²) in [6, 6.07) is 17.9. The van der Waals surface area contributed by atoms with Crippen LogP contribution >= 0.6 is 0 Å². The Balaban J connectivity index is 2.04. The molecule has 3 amide bonds. The maximum absolute atomic E-state index is 14.2. The Morgan fingerprint density at radius 3 is 2.23 bits per heavy atom. The van der Waals surface area contributed by atoms with Crippen LogP contribution < -0.4 is 10.6 Å². The Morgan fingerprint density at radius 1 is 0.925 bits per heavy atom. The number of alkyl carbamates (subject to hydrolysis) is 1. The van der Waals surface area contributed by atoms with Crippen LogP contribution in [0.2, 0.25) is 0 Å². The first-order chi connectivity index (χ1) is 18.8. The molecule has 3 aromatic carbocycles. The van der Waals surface area contributed by atoms with Gasteiger partial charge in [-0.05, 0) is 81.0 Å². The third-order valence-electron chi connectivity index (χ3n) is 6.66. The molecule has 0 aliphatic heterocycles. The van der Waals surface area contributed by atoms with E-state index in [1.54, 1.807) is 25.7 Å². The van der Waals surface area contributed by atoms with Crippen molar-refractivity contribution >= 4 is 34.4 Å². The number of fused-ring (bicyclic) bond motifs is 1. The van der Waals surface area contributed by atoms with E-state index in [1.165, 1.54) is 0 Å². The van der Waals surface area contributed by atoms with Crippen LogP contribution in [0.15, 0.2) is 60.7 Å². The molecule has 0 spiro atoms. The van der Waals surface area contributed by atoms with E-state index >= 15 is 0 Å². The lowest BCUT2D eigenvalue weighted by Crippen LogP contribution is -2.54. The average Bonchev–Trinajstić information content (AvgIpc) is 2.87. The van der Waals surface area contributed by atoms with Gasteiger partial charge in [0.1, 0.15) is 17.7 Å². The van der Waals surface area contributed by atoms with Crippen molar-refractivity contribution < 1.29 is 19.1 Å². The number of carbonyl (C=O) groups is 3. The molecule has 0 bridgehead atoms. The molecule has 0 fully saturated rings. The van der Waals surface area contributed by atoms with Crippen LogP contribution in [0.1, 0.15) is 70.7 Å². The topological polar surface area (TPSA) is 87.7 Å². The van der Waals surface area contributed by atoms with Gasteiger partial charge in [0.25, 0.3) is 5.91 Å². The van der Waals surface area contributed by atoms with Gasteiger partial charge >= 0.3 is 6.09 Å². The Bertz CT molecular complexity index is 1360. The van der Waals surface area contributed by atoms with E-state index in [9.17, 15) is 14.4 Å². The third-order valence-corrected chi connectivity index (χ3v) is 6.66. The van der Waals surface area contributed by atoms with Gasteiger partial charge in [-0.2, -0.15) is 0 Å². The van der Waals surface area contributed by atoms with Crippen LogP contribution in [0, 0.1) is 19.8 Å². The predicted molar refractivity (Wildman–Crippen MR) is 161 cm³/mol. The molecule has 3 rings (SSSR count). The third kappa shape index (κ3) is 7.84. The maximum Gasteiger partial charge on any atom is 0.408 e. The zero-order valence-electron chi connectivity index (χ0n) is 25.0. The smallest absolute Gasteiger partial charge is 0.408 e. The van der Waals surface area contributed by atoms with E-state index in [0.717, 1.165) is 27.5 Å². The normalized spacial score (nSPS) is 13.0. The largest absolute Gasteiger partial charge is 0.444 e. The summed E-state index contributed by atoms with van der Waals surface area (Å²) in [7, 11) is 0. The molecular weight excluding hydrogens is 502 g/mol. The van der Waals surface area contributed by atoms with Crippen LogP contribution in [0.3, 0.4) is 0 Å². The van der Waals surface area contributed by atoms with E-state index in [2.05, 4.69) is 10.6 Å². The zero-order chi connectivity index (χ0) is 29.6. The molecular formula is C33H43N3O4. The van der Waals surface area contributed by atoms with E-state index in [4.69, 9.17) is 4.74 Å². The number of hydrogen-bond donors (Lipinski definition) is 2. The van der Waals surface area contributed by atoms with E-state index in [1.807, 2.05) is 95.3 Å². The fourth-order valence-corrected chi connectivity index (χ4v) is 4.72. The highest BCUT2D eigenvalue weighted by molar-refractivity contribution is 6.00. The van der Waals surface area contributed by atoms with Crippen molar-refractivity contribution in [1.82, 2.24) is 10.2 Å². The number of carbonyl (C=O) groups excluding carboxylic acids is 3. The van der Waals surface area contributed by atoms with Gasteiger partial charge < -0.3 is 20.3 Å². The van der Waals surface area contributed by atoms with E-state index in [-0.39, 0.29) is 17.7 Å². The van der Waals surface area contributed by atoms with Crippen molar-refractivity contribution in [3.05, 3.63) is 77.4 Å². The average molecular weight is 546 g/mol. The number of ether oxygens (including phenoxy) is 1. The minimum atomic E-state index is -0.902. The number of nitrogens with zero attached hydrogens (tertiary/aromatic N) is 1. The molecule has 0 radical (unpaired) electrons. The van der Waals surface area contributed by atoms with Crippen molar-refractivity contribution in [3.8, 4) is 0 Å². The second-order valence-corrected chi connectivity index (χ2v) is 11.7. The first-order valence-corrected chi connectivity index (χ1v) is 14.0. The predicted octanol–water partition coefficient (Wildman–Crippen LogP) is 6.92. The molecule has 7 nitrogen and oxygen atoms in total. The molecule has 2 atom stereocenters. The first kappa shape index (κ1) is 30.7.